The largest absolute Gasteiger partial charge is 0.493 e. The molecule has 1 aromatic rings. The smallest absolute Gasteiger partial charge is 0.407 e. The minimum Gasteiger partial charge on any atom is -0.493 e. The number of benzene rings is 1. The number of hydrogen-bond acceptors (Lipinski definition) is 5. The summed E-state index contributed by atoms with van der Waals surface area (Å²) in [4.78, 5) is 10.9. The van der Waals surface area contributed by atoms with Gasteiger partial charge in [0.05, 0.1) is 20.8 Å². The van der Waals surface area contributed by atoms with E-state index in [1.807, 2.05) is 6.07 Å². The molecule has 0 aromatic heterocycles. The Balaban J connectivity index is 2.05. The van der Waals surface area contributed by atoms with Gasteiger partial charge in [0.2, 0.25) is 5.75 Å². The SMILES string of the molecule is COc1cccc(OC)c1OCC1CNC(=O)O1. The number of amides is 1. The lowest BCUT2D eigenvalue weighted by Gasteiger charge is -2.15. The number of rotatable bonds is 5. The second-order valence-corrected chi connectivity index (χ2v) is 3.71. The van der Waals surface area contributed by atoms with Crippen LogP contribution in [0.15, 0.2) is 18.2 Å². The molecule has 1 aliphatic heterocycles. The van der Waals surface area contributed by atoms with Crippen molar-refractivity contribution in [3.05, 3.63) is 18.2 Å². The minimum absolute atomic E-state index is 0.246. The van der Waals surface area contributed by atoms with Gasteiger partial charge in [0.1, 0.15) is 6.61 Å². The quantitative estimate of drug-likeness (QED) is 0.853. The zero-order valence-corrected chi connectivity index (χ0v) is 10.3. The summed E-state index contributed by atoms with van der Waals surface area (Å²) in [6.07, 6.45) is -0.720. The molecule has 18 heavy (non-hydrogen) atoms. The van der Waals surface area contributed by atoms with Crippen molar-refractivity contribution in [1.29, 1.82) is 0 Å². The lowest BCUT2D eigenvalue weighted by atomic mass is 10.3. The molecular formula is C12H15NO5. The third kappa shape index (κ3) is 2.58. The van der Waals surface area contributed by atoms with Crippen LogP contribution in [0, 0.1) is 0 Å². The number of methoxy groups -OCH3 is 2. The van der Waals surface area contributed by atoms with Crippen molar-refractivity contribution in [3.63, 3.8) is 0 Å². The van der Waals surface area contributed by atoms with Crippen LogP contribution in [0.25, 0.3) is 0 Å². The number of cyclic esters (lactones) is 1. The summed E-state index contributed by atoms with van der Waals surface area (Å²) >= 11 is 0. The maximum Gasteiger partial charge on any atom is 0.407 e. The first-order valence-electron chi connectivity index (χ1n) is 5.53. The molecule has 98 valence electrons. The van der Waals surface area contributed by atoms with E-state index in [2.05, 4.69) is 5.32 Å². The molecular weight excluding hydrogens is 238 g/mol. The standard InChI is InChI=1S/C12H15NO5/c1-15-9-4-3-5-10(16-2)11(9)17-7-8-6-13-12(14)18-8/h3-5,8H,6-7H2,1-2H3,(H,13,14). The second kappa shape index (κ2) is 5.48. The maximum atomic E-state index is 10.9. The maximum absolute atomic E-state index is 10.9. The number of alkyl carbamates (subject to hydrolysis) is 1. The summed E-state index contributed by atoms with van der Waals surface area (Å²) in [7, 11) is 3.11. The van der Waals surface area contributed by atoms with Gasteiger partial charge in [0, 0.05) is 0 Å². The Labute approximate surface area is 105 Å². The van der Waals surface area contributed by atoms with Gasteiger partial charge in [-0.3, -0.25) is 0 Å². The highest BCUT2D eigenvalue weighted by atomic mass is 16.6. The van der Waals surface area contributed by atoms with Gasteiger partial charge in [-0.15, -0.1) is 0 Å². The van der Waals surface area contributed by atoms with Crippen LogP contribution in [0.2, 0.25) is 0 Å². The monoisotopic (exact) mass is 253 g/mol. The Hall–Kier alpha value is -2.11. The van der Waals surface area contributed by atoms with Crippen LogP contribution < -0.4 is 19.5 Å². The second-order valence-electron chi connectivity index (χ2n) is 3.71. The van der Waals surface area contributed by atoms with Crippen molar-refractivity contribution >= 4 is 6.09 Å². The molecule has 0 spiro atoms. The first kappa shape index (κ1) is 12.3. The first-order valence-corrected chi connectivity index (χ1v) is 5.53. The summed E-state index contributed by atoms with van der Waals surface area (Å²) in [6.45, 7) is 0.686. The van der Waals surface area contributed by atoms with Crippen LogP contribution in [-0.2, 0) is 4.74 Å². The van der Waals surface area contributed by atoms with Gasteiger partial charge in [-0.2, -0.15) is 0 Å². The van der Waals surface area contributed by atoms with Gasteiger partial charge in [-0.25, -0.2) is 4.79 Å². The van der Waals surface area contributed by atoms with E-state index >= 15 is 0 Å². The van der Waals surface area contributed by atoms with Crippen molar-refractivity contribution in [2.45, 2.75) is 6.10 Å². The van der Waals surface area contributed by atoms with E-state index in [0.29, 0.717) is 23.8 Å². The highest BCUT2D eigenvalue weighted by Gasteiger charge is 2.24. The van der Waals surface area contributed by atoms with Gasteiger partial charge in [0.15, 0.2) is 17.6 Å². The van der Waals surface area contributed by atoms with E-state index in [1.165, 1.54) is 0 Å². The van der Waals surface area contributed by atoms with E-state index in [1.54, 1.807) is 26.4 Å². The lowest BCUT2D eigenvalue weighted by Crippen LogP contribution is -2.22. The van der Waals surface area contributed by atoms with Crippen molar-refractivity contribution in [2.24, 2.45) is 0 Å². The molecule has 0 aliphatic carbocycles. The van der Waals surface area contributed by atoms with E-state index < -0.39 is 6.09 Å². The number of carbonyl (C=O) groups is 1. The molecule has 1 saturated heterocycles. The average molecular weight is 253 g/mol. The topological polar surface area (TPSA) is 66.0 Å². The highest BCUT2D eigenvalue weighted by Crippen LogP contribution is 2.36. The molecule has 1 amide bonds. The molecule has 1 fully saturated rings. The Bertz CT molecular complexity index is 412. The van der Waals surface area contributed by atoms with Crippen LogP contribution in [-0.4, -0.2) is 39.6 Å². The molecule has 0 radical (unpaired) electrons. The fraction of sp³-hybridized carbons (Fsp3) is 0.417. The Morgan fingerprint density at radius 3 is 2.50 bits per heavy atom. The third-order valence-corrected chi connectivity index (χ3v) is 2.54. The van der Waals surface area contributed by atoms with Crippen molar-refractivity contribution in [3.8, 4) is 17.2 Å². The number of nitrogens with one attached hydrogen (secondary N) is 1. The fourth-order valence-corrected chi connectivity index (χ4v) is 1.66. The van der Waals surface area contributed by atoms with E-state index in [9.17, 15) is 4.79 Å². The molecule has 1 aliphatic rings. The average Bonchev–Trinajstić information content (AvgIpc) is 2.81. The lowest BCUT2D eigenvalue weighted by molar-refractivity contribution is 0.102. The summed E-state index contributed by atoms with van der Waals surface area (Å²) < 4.78 is 21.0. The molecule has 1 unspecified atom stereocenters. The minimum atomic E-state index is -0.421. The molecule has 1 aromatic carbocycles. The highest BCUT2D eigenvalue weighted by molar-refractivity contribution is 5.69. The number of ether oxygens (including phenoxy) is 4. The van der Waals surface area contributed by atoms with Gasteiger partial charge in [0.25, 0.3) is 0 Å². The predicted octanol–water partition coefficient (Wildman–Crippen LogP) is 1.19. The van der Waals surface area contributed by atoms with Gasteiger partial charge < -0.3 is 24.3 Å². The molecule has 2 rings (SSSR count). The molecule has 6 heteroatoms. The summed E-state index contributed by atoms with van der Waals surface area (Å²) in [5.41, 5.74) is 0. The van der Waals surface area contributed by atoms with Crippen LogP contribution in [0.1, 0.15) is 0 Å². The fourth-order valence-electron chi connectivity index (χ4n) is 1.66. The van der Waals surface area contributed by atoms with Crippen LogP contribution in [0.4, 0.5) is 4.79 Å². The Morgan fingerprint density at radius 1 is 1.33 bits per heavy atom. The van der Waals surface area contributed by atoms with E-state index in [0.717, 1.165) is 0 Å². The van der Waals surface area contributed by atoms with Crippen LogP contribution >= 0.6 is 0 Å². The molecule has 1 atom stereocenters. The van der Waals surface area contributed by atoms with E-state index in [-0.39, 0.29) is 12.7 Å². The molecule has 6 nitrogen and oxygen atoms in total. The molecule has 1 heterocycles. The first-order chi connectivity index (χ1) is 8.74. The summed E-state index contributed by atoms with van der Waals surface area (Å²) in [5.74, 6) is 1.66. The van der Waals surface area contributed by atoms with Crippen molar-refractivity contribution in [2.75, 3.05) is 27.4 Å². The number of para-hydroxylation sites is 1. The van der Waals surface area contributed by atoms with Crippen LogP contribution in [0.5, 0.6) is 17.2 Å². The Morgan fingerprint density at radius 2 is 2.00 bits per heavy atom. The zero-order chi connectivity index (χ0) is 13.0. The van der Waals surface area contributed by atoms with Crippen LogP contribution in [0.3, 0.4) is 0 Å². The Kier molecular flexibility index (Phi) is 3.76. The normalized spacial score (nSPS) is 17.9. The molecule has 1 N–H and O–H groups in total. The van der Waals surface area contributed by atoms with Gasteiger partial charge >= 0.3 is 6.09 Å². The number of carbonyl (C=O) groups excluding carboxylic acids is 1. The van der Waals surface area contributed by atoms with Crippen molar-refractivity contribution < 1.29 is 23.7 Å². The summed E-state index contributed by atoms with van der Waals surface area (Å²) in [5, 5.41) is 2.56. The van der Waals surface area contributed by atoms with E-state index in [4.69, 9.17) is 18.9 Å². The zero-order valence-electron chi connectivity index (χ0n) is 10.3. The molecule has 0 saturated carbocycles. The van der Waals surface area contributed by atoms with Gasteiger partial charge in [-0.1, -0.05) is 6.07 Å². The third-order valence-electron chi connectivity index (χ3n) is 2.54. The molecule has 0 bridgehead atoms. The number of hydrogen-bond donors (Lipinski definition) is 1. The van der Waals surface area contributed by atoms with Crippen molar-refractivity contribution in [1.82, 2.24) is 5.32 Å². The predicted molar refractivity (Wildman–Crippen MR) is 63.3 cm³/mol. The van der Waals surface area contributed by atoms with Gasteiger partial charge in [-0.05, 0) is 12.1 Å². The summed E-state index contributed by atoms with van der Waals surface area (Å²) in [6, 6.07) is 5.36.